The quantitative estimate of drug-likeness (QED) is 0.129. The number of aliphatic hydroxyl groups excluding tert-OH is 3. The van der Waals surface area contributed by atoms with Crippen molar-refractivity contribution in [1.82, 2.24) is 16.0 Å². The van der Waals surface area contributed by atoms with Crippen molar-refractivity contribution < 1.29 is 53.9 Å². The van der Waals surface area contributed by atoms with Crippen LogP contribution in [0.2, 0.25) is 0 Å². The molecule has 0 aromatic heterocycles. The van der Waals surface area contributed by atoms with Crippen molar-refractivity contribution in [3.05, 3.63) is 0 Å². The second-order valence-electron chi connectivity index (χ2n) is 7.84. The van der Waals surface area contributed by atoms with E-state index in [9.17, 15) is 39.3 Å². The SMILES string of the molecule is CC(=O)N[C@@H]1[C@@H](O[C@@H](C)C(=O)N[C@@H](C)C(=O)N[C@H](CCC(N)=O)C(=O)O)[C@H](O)[C@@H](CO)O[C@@H]1O. The third kappa shape index (κ3) is 8.49. The number of nitrogens with two attached hydrogens (primary N) is 1. The van der Waals surface area contributed by atoms with Gasteiger partial charge in [0.05, 0.1) is 6.61 Å². The Bertz CT molecular complexity index is 765. The second kappa shape index (κ2) is 13.1. The zero-order valence-corrected chi connectivity index (χ0v) is 19.0. The highest BCUT2D eigenvalue weighted by Gasteiger charge is 2.47. The molecule has 0 bridgehead atoms. The maximum absolute atomic E-state index is 12.5. The Labute approximate surface area is 195 Å². The van der Waals surface area contributed by atoms with Crippen LogP contribution in [0.3, 0.4) is 0 Å². The van der Waals surface area contributed by atoms with Gasteiger partial charge in [-0.25, -0.2) is 4.79 Å². The summed E-state index contributed by atoms with van der Waals surface area (Å²) in [5, 5.41) is 45.9. The molecule has 0 aliphatic carbocycles. The van der Waals surface area contributed by atoms with Crippen LogP contribution in [0.4, 0.5) is 0 Å². The fraction of sp³-hybridized carbons (Fsp3) is 0.737. The molecule has 1 saturated heterocycles. The molecule has 8 atom stereocenters. The van der Waals surface area contributed by atoms with Gasteiger partial charge in [-0.3, -0.25) is 19.2 Å². The highest BCUT2D eigenvalue weighted by atomic mass is 16.6. The lowest BCUT2D eigenvalue weighted by Gasteiger charge is -2.43. The molecule has 1 fully saturated rings. The van der Waals surface area contributed by atoms with E-state index in [0.717, 1.165) is 6.92 Å². The van der Waals surface area contributed by atoms with E-state index in [0.29, 0.717) is 0 Å². The van der Waals surface area contributed by atoms with Crippen LogP contribution in [0.25, 0.3) is 0 Å². The molecule has 0 radical (unpaired) electrons. The van der Waals surface area contributed by atoms with Gasteiger partial charge < -0.3 is 51.6 Å². The molecule has 0 unspecified atom stereocenters. The number of carbonyl (C=O) groups is 5. The fourth-order valence-corrected chi connectivity index (χ4v) is 3.17. The van der Waals surface area contributed by atoms with Gasteiger partial charge in [-0.1, -0.05) is 0 Å². The summed E-state index contributed by atoms with van der Waals surface area (Å²) in [7, 11) is 0. The van der Waals surface area contributed by atoms with E-state index < -0.39 is 85.0 Å². The van der Waals surface area contributed by atoms with Crippen LogP contribution in [-0.4, -0.2) is 105 Å². The maximum Gasteiger partial charge on any atom is 0.326 e. The van der Waals surface area contributed by atoms with E-state index in [-0.39, 0.29) is 12.8 Å². The number of nitrogens with one attached hydrogen (secondary N) is 3. The first kappa shape index (κ1) is 29.2. The summed E-state index contributed by atoms with van der Waals surface area (Å²) >= 11 is 0. The highest BCUT2D eigenvalue weighted by Crippen LogP contribution is 2.23. The molecule has 1 aliphatic rings. The van der Waals surface area contributed by atoms with Gasteiger partial charge in [0, 0.05) is 13.3 Å². The summed E-state index contributed by atoms with van der Waals surface area (Å²) in [4.78, 5) is 58.4. The van der Waals surface area contributed by atoms with Gasteiger partial charge in [0.1, 0.15) is 42.5 Å². The van der Waals surface area contributed by atoms with Crippen LogP contribution in [0, 0.1) is 0 Å². The lowest BCUT2D eigenvalue weighted by Crippen LogP contribution is -2.65. The zero-order valence-electron chi connectivity index (χ0n) is 19.0. The molecule has 1 heterocycles. The molecule has 9 N–H and O–H groups in total. The Morgan fingerprint density at radius 2 is 1.71 bits per heavy atom. The number of hydrogen-bond donors (Lipinski definition) is 8. The fourth-order valence-electron chi connectivity index (χ4n) is 3.17. The Morgan fingerprint density at radius 1 is 1.09 bits per heavy atom. The summed E-state index contributed by atoms with van der Waals surface area (Å²) in [6.45, 7) is 3.03. The Hall–Kier alpha value is -2.85. The number of amides is 4. The summed E-state index contributed by atoms with van der Waals surface area (Å²) in [6, 6.07) is -3.89. The van der Waals surface area contributed by atoms with Gasteiger partial charge in [0.2, 0.25) is 23.6 Å². The number of aliphatic hydroxyl groups is 3. The van der Waals surface area contributed by atoms with Gasteiger partial charge in [0.25, 0.3) is 0 Å². The molecule has 1 rings (SSSR count). The minimum Gasteiger partial charge on any atom is -0.480 e. The van der Waals surface area contributed by atoms with Crippen LogP contribution in [0.15, 0.2) is 0 Å². The van der Waals surface area contributed by atoms with Gasteiger partial charge in [-0.2, -0.15) is 0 Å². The van der Waals surface area contributed by atoms with Crippen molar-refractivity contribution in [3.63, 3.8) is 0 Å². The van der Waals surface area contributed by atoms with Crippen LogP contribution in [0.1, 0.15) is 33.6 Å². The predicted octanol–water partition coefficient (Wildman–Crippen LogP) is -4.33. The normalized spacial score (nSPS) is 27.1. The first-order chi connectivity index (χ1) is 15.8. The van der Waals surface area contributed by atoms with Gasteiger partial charge in [0.15, 0.2) is 6.29 Å². The molecule has 1 aliphatic heterocycles. The van der Waals surface area contributed by atoms with Crippen molar-refractivity contribution >= 4 is 29.6 Å². The zero-order chi connectivity index (χ0) is 26.2. The largest absolute Gasteiger partial charge is 0.480 e. The Balaban J connectivity index is 2.80. The summed E-state index contributed by atoms with van der Waals surface area (Å²) in [5.41, 5.74) is 4.99. The molecule has 0 aromatic carbocycles. The summed E-state index contributed by atoms with van der Waals surface area (Å²) in [6.07, 6.45) is -7.62. The third-order valence-corrected chi connectivity index (χ3v) is 5.02. The average Bonchev–Trinajstić information content (AvgIpc) is 2.74. The lowest BCUT2D eigenvalue weighted by molar-refractivity contribution is -0.266. The average molecular weight is 492 g/mol. The van der Waals surface area contributed by atoms with E-state index in [2.05, 4.69) is 16.0 Å². The molecular weight excluding hydrogens is 460 g/mol. The summed E-state index contributed by atoms with van der Waals surface area (Å²) in [5.74, 6) is -4.39. The molecular formula is C19H32N4O11. The van der Waals surface area contributed by atoms with Crippen molar-refractivity contribution in [1.29, 1.82) is 0 Å². The number of aliphatic carboxylic acids is 1. The molecule has 34 heavy (non-hydrogen) atoms. The number of carbonyl (C=O) groups excluding carboxylic acids is 4. The van der Waals surface area contributed by atoms with E-state index in [1.807, 2.05) is 0 Å². The number of carboxylic acids is 1. The third-order valence-electron chi connectivity index (χ3n) is 5.02. The van der Waals surface area contributed by atoms with E-state index in [1.54, 1.807) is 0 Å². The monoisotopic (exact) mass is 492 g/mol. The standard InChI is InChI=1S/C19H32N4O11/c1-7(16(28)23-10(18(30)31)4-5-12(20)26)21-17(29)8(2)33-15-13(22-9(3)25)19(32)34-11(6-24)14(15)27/h7-8,10-11,13-15,19,24,27,32H,4-6H2,1-3H3,(H2,20,26)(H,21,29)(H,22,25)(H,23,28)(H,30,31)/t7-,8-,10+,11+,13+,14+,15+,19-/m0/s1. The lowest BCUT2D eigenvalue weighted by atomic mass is 9.96. The van der Waals surface area contributed by atoms with Crippen LogP contribution < -0.4 is 21.7 Å². The molecule has 15 nitrogen and oxygen atoms in total. The van der Waals surface area contributed by atoms with Crippen LogP contribution in [-0.2, 0) is 33.4 Å². The summed E-state index contributed by atoms with van der Waals surface area (Å²) < 4.78 is 10.6. The van der Waals surface area contributed by atoms with Gasteiger partial charge in [-0.05, 0) is 20.3 Å². The van der Waals surface area contributed by atoms with Gasteiger partial charge in [-0.15, -0.1) is 0 Å². The number of hydrogen-bond acceptors (Lipinski definition) is 10. The Kier molecular flexibility index (Phi) is 11.3. The van der Waals surface area contributed by atoms with Gasteiger partial charge >= 0.3 is 5.97 Å². The van der Waals surface area contributed by atoms with Crippen molar-refractivity contribution in [2.24, 2.45) is 5.73 Å². The van der Waals surface area contributed by atoms with Crippen LogP contribution in [0.5, 0.6) is 0 Å². The number of ether oxygens (including phenoxy) is 2. The van der Waals surface area contributed by atoms with E-state index >= 15 is 0 Å². The molecule has 0 saturated carbocycles. The first-order valence-electron chi connectivity index (χ1n) is 10.4. The molecule has 4 amide bonds. The van der Waals surface area contributed by atoms with E-state index in [1.165, 1.54) is 13.8 Å². The highest BCUT2D eigenvalue weighted by molar-refractivity contribution is 5.91. The van der Waals surface area contributed by atoms with Crippen molar-refractivity contribution in [2.45, 2.75) is 82.4 Å². The Morgan fingerprint density at radius 3 is 2.21 bits per heavy atom. The predicted molar refractivity (Wildman–Crippen MR) is 112 cm³/mol. The number of carboxylic acid groups (broad SMARTS) is 1. The molecule has 194 valence electrons. The topological polar surface area (TPSA) is 247 Å². The van der Waals surface area contributed by atoms with E-state index in [4.69, 9.17) is 20.3 Å². The second-order valence-corrected chi connectivity index (χ2v) is 7.84. The molecule has 15 heteroatoms. The smallest absolute Gasteiger partial charge is 0.326 e. The number of rotatable bonds is 12. The molecule has 0 spiro atoms. The van der Waals surface area contributed by atoms with Crippen molar-refractivity contribution in [2.75, 3.05) is 6.61 Å². The minimum absolute atomic E-state index is 0.239. The maximum atomic E-state index is 12.5. The number of primary amides is 1. The minimum atomic E-state index is -1.65. The molecule has 0 aromatic rings. The van der Waals surface area contributed by atoms with Crippen LogP contribution >= 0.6 is 0 Å². The van der Waals surface area contributed by atoms with Crippen molar-refractivity contribution in [3.8, 4) is 0 Å². The first-order valence-corrected chi connectivity index (χ1v) is 10.4.